The summed E-state index contributed by atoms with van der Waals surface area (Å²) in [6.07, 6.45) is 7.91. The summed E-state index contributed by atoms with van der Waals surface area (Å²) in [7, 11) is 0. The van der Waals surface area contributed by atoms with Crippen molar-refractivity contribution in [2.24, 2.45) is 0 Å². The van der Waals surface area contributed by atoms with E-state index in [2.05, 4.69) is 14.9 Å². The summed E-state index contributed by atoms with van der Waals surface area (Å²) in [4.78, 5) is 26.2. The largest absolute Gasteiger partial charge is 0.394 e. The first-order valence-corrected chi connectivity index (χ1v) is 11.5. The quantitative estimate of drug-likeness (QED) is 0.629. The van der Waals surface area contributed by atoms with E-state index in [0.29, 0.717) is 0 Å². The van der Waals surface area contributed by atoms with E-state index in [4.69, 9.17) is 4.74 Å². The fraction of sp³-hybridized carbons (Fsp3) is 0.346. The standard InChI is InChI=1S/C26H28N4O3/c31-18-22(19-6-2-1-3-7-19)30-23(25(32)29-16-4-5-17-29)24(20-8-12-27-13-9-20)33-26(30)21-10-14-28-15-11-21/h1-3,6-15,22-24,26,31H,4-5,16-18H2/t22?,23-,24+,26?/m1/s1. The van der Waals surface area contributed by atoms with E-state index in [0.717, 1.165) is 42.6 Å². The molecule has 7 nitrogen and oxygen atoms in total. The number of hydrogen-bond donors (Lipinski definition) is 1. The highest BCUT2D eigenvalue weighted by Gasteiger charge is 2.51. The lowest BCUT2D eigenvalue weighted by Crippen LogP contribution is -2.49. The van der Waals surface area contributed by atoms with Crippen molar-refractivity contribution >= 4 is 5.91 Å². The van der Waals surface area contributed by atoms with Gasteiger partial charge in [0.05, 0.1) is 12.6 Å². The van der Waals surface area contributed by atoms with Crippen molar-refractivity contribution < 1.29 is 14.6 Å². The molecule has 0 spiro atoms. The molecule has 3 aromatic rings. The molecule has 2 unspecified atom stereocenters. The van der Waals surface area contributed by atoms with Crippen molar-refractivity contribution in [2.45, 2.75) is 37.3 Å². The van der Waals surface area contributed by atoms with Crippen LogP contribution in [-0.2, 0) is 9.53 Å². The van der Waals surface area contributed by atoms with Crippen molar-refractivity contribution in [2.75, 3.05) is 19.7 Å². The monoisotopic (exact) mass is 444 g/mol. The predicted octanol–water partition coefficient (Wildman–Crippen LogP) is 3.27. The molecule has 33 heavy (non-hydrogen) atoms. The Kier molecular flexibility index (Phi) is 6.44. The maximum atomic E-state index is 14.0. The van der Waals surface area contributed by atoms with E-state index in [1.54, 1.807) is 24.8 Å². The lowest BCUT2D eigenvalue weighted by atomic mass is 9.97. The number of aliphatic hydroxyl groups is 1. The molecule has 0 aliphatic carbocycles. The van der Waals surface area contributed by atoms with Crippen LogP contribution in [0.2, 0.25) is 0 Å². The molecular formula is C26H28N4O3. The highest BCUT2D eigenvalue weighted by molar-refractivity contribution is 5.83. The number of rotatable bonds is 6. The SMILES string of the molecule is O=C([C@H]1[C@H](c2ccncc2)OC(c2ccncc2)N1C(CO)c1ccccc1)N1CCCC1. The van der Waals surface area contributed by atoms with Crippen LogP contribution in [0.5, 0.6) is 0 Å². The fourth-order valence-electron chi connectivity index (χ4n) is 4.96. The van der Waals surface area contributed by atoms with Gasteiger partial charge >= 0.3 is 0 Å². The van der Waals surface area contributed by atoms with Crippen LogP contribution >= 0.6 is 0 Å². The molecule has 5 rings (SSSR count). The Labute approximate surface area is 193 Å². The van der Waals surface area contributed by atoms with Crippen molar-refractivity contribution in [3.63, 3.8) is 0 Å². The van der Waals surface area contributed by atoms with E-state index in [-0.39, 0.29) is 12.5 Å². The minimum Gasteiger partial charge on any atom is -0.394 e. The first kappa shape index (κ1) is 21.7. The van der Waals surface area contributed by atoms with Gasteiger partial charge in [0.25, 0.3) is 0 Å². The second kappa shape index (κ2) is 9.79. The summed E-state index contributed by atoms with van der Waals surface area (Å²) in [6, 6.07) is 16.5. The van der Waals surface area contributed by atoms with Crippen LogP contribution in [-0.4, -0.2) is 56.5 Å². The van der Waals surface area contributed by atoms with E-state index in [1.165, 1.54) is 0 Å². The van der Waals surface area contributed by atoms with Crippen LogP contribution in [0.1, 0.15) is 47.9 Å². The maximum Gasteiger partial charge on any atom is 0.243 e. The van der Waals surface area contributed by atoms with E-state index in [1.807, 2.05) is 59.5 Å². The molecule has 2 aliphatic heterocycles. The topological polar surface area (TPSA) is 78.8 Å². The summed E-state index contributed by atoms with van der Waals surface area (Å²) in [5, 5.41) is 10.6. The number of benzene rings is 1. The van der Waals surface area contributed by atoms with Gasteiger partial charge in [0.15, 0.2) is 0 Å². The highest BCUT2D eigenvalue weighted by atomic mass is 16.5. The second-order valence-corrected chi connectivity index (χ2v) is 8.50. The van der Waals surface area contributed by atoms with Crippen LogP contribution in [0.25, 0.3) is 0 Å². The van der Waals surface area contributed by atoms with Gasteiger partial charge in [0.2, 0.25) is 5.91 Å². The number of nitrogens with zero attached hydrogens (tertiary/aromatic N) is 4. The Bertz CT molecular complexity index is 1040. The fourth-order valence-corrected chi connectivity index (χ4v) is 4.96. The zero-order valence-corrected chi connectivity index (χ0v) is 18.4. The van der Waals surface area contributed by atoms with Gasteiger partial charge < -0.3 is 14.7 Å². The molecule has 1 N–H and O–H groups in total. The lowest BCUT2D eigenvalue weighted by molar-refractivity contribution is -0.137. The predicted molar refractivity (Wildman–Crippen MR) is 123 cm³/mol. The number of aromatic nitrogens is 2. The van der Waals surface area contributed by atoms with E-state index >= 15 is 0 Å². The molecule has 170 valence electrons. The van der Waals surface area contributed by atoms with Gasteiger partial charge in [-0.3, -0.25) is 19.7 Å². The molecule has 0 radical (unpaired) electrons. The van der Waals surface area contributed by atoms with Crippen molar-refractivity contribution in [1.82, 2.24) is 19.8 Å². The van der Waals surface area contributed by atoms with Crippen LogP contribution in [0, 0.1) is 0 Å². The Hall–Kier alpha value is -3.13. The third-order valence-electron chi connectivity index (χ3n) is 6.57. The average Bonchev–Trinajstić information content (AvgIpc) is 3.55. The van der Waals surface area contributed by atoms with Gasteiger partial charge in [-0.2, -0.15) is 0 Å². The number of likely N-dealkylation sites (tertiary alicyclic amines) is 1. The Balaban J connectivity index is 1.64. The average molecular weight is 445 g/mol. The summed E-state index contributed by atoms with van der Waals surface area (Å²) in [5.41, 5.74) is 2.74. The van der Waals surface area contributed by atoms with Crippen molar-refractivity contribution in [3.05, 3.63) is 96.1 Å². The van der Waals surface area contributed by atoms with Gasteiger partial charge in [-0.05, 0) is 53.8 Å². The van der Waals surface area contributed by atoms with E-state index < -0.39 is 24.4 Å². The molecule has 0 bridgehead atoms. The minimum absolute atomic E-state index is 0.0419. The molecule has 2 saturated heterocycles. The maximum absolute atomic E-state index is 14.0. The summed E-state index contributed by atoms with van der Waals surface area (Å²) in [6.45, 7) is 1.37. The molecule has 0 saturated carbocycles. The summed E-state index contributed by atoms with van der Waals surface area (Å²) in [5.74, 6) is 0.0419. The molecule has 1 aromatic carbocycles. The van der Waals surface area contributed by atoms with Crippen LogP contribution in [0.3, 0.4) is 0 Å². The normalized spacial score (nSPS) is 24.2. The highest BCUT2D eigenvalue weighted by Crippen LogP contribution is 2.47. The summed E-state index contributed by atoms with van der Waals surface area (Å²) < 4.78 is 6.66. The summed E-state index contributed by atoms with van der Waals surface area (Å²) >= 11 is 0. The molecule has 2 aliphatic rings. The van der Waals surface area contributed by atoms with Gasteiger partial charge in [-0.15, -0.1) is 0 Å². The van der Waals surface area contributed by atoms with Crippen molar-refractivity contribution in [3.8, 4) is 0 Å². The Morgan fingerprint density at radius 1 is 0.939 bits per heavy atom. The van der Waals surface area contributed by atoms with Crippen LogP contribution in [0.4, 0.5) is 0 Å². The minimum atomic E-state index is -0.582. The first-order chi connectivity index (χ1) is 16.3. The Morgan fingerprint density at radius 2 is 1.55 bits per heavy atom. The molecule has 4 heterocycles. The van der Waals surface area contributed by atoms with Crippen molar-refractivity contribution in [1.29, 1.82) is 0 Å². The number of carbonyl (C=O) groups is 1. The molecular weight excluding hydrogens is 416 g/mol. The van der Waals surface area contributed by atoms with Gasteiger partial charge in [-0.25, -0.2) is 0 Å². The molecule has 4 atom stereocenters. The first-order valence-electron chi connectivity index (χ1n) is 11.5. The molecule has 2 fully saturated rings. The number of carbonyl (C=O) groups excluding carboxylic acids is 1. The number of pyridine rings is 2. The Morgan fingerprint density at radius 3 is 2.15 bits per heavy atom. The number of hydrogen-bond acceptors (Lipinski definition) is 6. The zero-order chi connectivity index (χ0) is 22.6. The number of aliphatic hydroxyl groups excluding tert-OH is 1. The molecule has 7 heteroatoms. The third-order valence-corrected chi connectivity index (χ3v) is 6.57. The van der Waals surface area contributed by atoms with Crippen LogP contribution < -0.4 is 0 Å². The van der Waals surface area contributed by atoms with Gasteiger partial charge in [0, 0.05) is 37.9 Å². The van der Waals surface area contributed by atoms with Crippen LogP contribution in [0.15, 0.2) is 79.4 Å². The number of amides is 1. The zero-order valence-electron chi connectivity index (χ0n) is 18.4. The smallest absolute Gasteiger partial charge is 0.243 e. The van der Waals surface area contributed by atoms with E-state index in [9.17, 15) is 9.90 Å². The molecule has 2 aromatic heterocycles. The van der Waals surface area contributed by atoms with Gasteiger partial charge in [0.1, 0.15) is 18.4 Å². The second-order valence-electron chi connectivity index (χ2n) is 8.50. The lowest BCUT2D eigenvalue weighted by Gasteiger charge is -2.36. The van der Waals surface area contributed by atoms with Gasteiger partial charge in [-0.1, -0.05) is 30.3 Å². The number of ether oxygens (including phenoxy) is 1. The molecule has 1 amide bonds. The third kappa shape index (κ3) is 4.27.